The first kappa shape index (κ1) is 57.9. The third-order valence-electron chi connectivity index (χ3n) is 9.19. The zero-order valence-electron chi connectivity index (χ0n) is 38.7. The molecular weight excluding hydrogens is 790 g/mol. The lowest BCUT2D eigenvalue weighted by atomic mass is 10.1. The molecule has 0 aliphatic heterocycles. The summed E-state index contributed by atoms with van der Waals surface area (Å²) in [4.78, 5) is 35.4. The van der Waals surface area contributed by atoms with Crippen molar-refractivity contribution < 1.29 is 47.2 Å². The van der Waals surface area contributed by atoms with Gasteiger partial charge < -0.3 is 24.0 Å². The average molecular weight is 875 g/mol. The summed E-state index contributed by atoms with van der Waals surface area (Å²) in [7, 11) is 1.34. The molecule has 61 heavy (non-hydrogen) atoms. The summed E-state index contributed by atoms with van der Waals surface area (Å²) in [5.41, 5.74) is 0. The topological polar surface area (TPSA) is 129 Å². The van der Waals surface area contributed by atoms with Gasteiger partial charge in [0.25, 0.3) is 0 Å². The number of hydrogen-bond acceptors (Lipinski definition) is 8. The minimum atomic E-state index is -4.44. The highest BCUT2D eigenvalue weighted by molar-refractivity contribution is 7.47. The molecule has 0 rings (SSSR count). The molecule has 11 heteroatoms. The number of aliphatic hydroxyl groups is 1. The van der Waals surface area contributed by atoms with Crippen LogP contribution in [0, 0.1) is 0 Å². The molecule has 0 spiro atoms. The van der Waals surface area contributed by atoms with Gasteiger partial charge in [-0.2, -0.15) is 0 Å². The highest BCUT2D eigenvalue weighted by Crippen LogP contribution is 2.43. The minimum Gasteiger partial charge on any atom is -0.462 e. The maximum Gasteiger partial charge on any atom is 0.472 e. The van der Waals surface area contributed by atoms with Crippen LogP contribution in [0.2, 0.25) is 0 Å². The number of rotatable bonds is 40. The van der Waals surface area contributed by atoms with Crippen molar-refractivity contribution in [3.05, 3.63) is 97.2 Å². The predicted octanol–water partition coefficient (Wildman–Crippen LogP) is 12.3. The van der Waals surface area contributed by atoms with Crippen molar-refractivity contribution in [2.24, 2.45) is 0 Å². The van der Waals surface area contributed by atoms with Crippen molar-refractivity contribution in [3.8, 4) is 0 Å². The van der Waals surface area contributed by atoms with Crippen molar-refractivity contribution >= 4 is 19.8 Å². The standard InChI is InChI=1S/C50H84NO9P/c1-6-8-10-12-14-16-18-20-21-22-23-24-25-27-29-31-33-35-37-41-50(54)60-48(46-59-61(55,56)58-44-43-51(3,4)5)45-57-49(53)42-38-40-47(52)39-36-34-32-30-28-26-19-17-15-13-11-9-7-2/h14-17,20-21,23-24,26-29,32,34,36,39,47-48,52H,6-13,18-19,22,25,30-31,33,35,37-38,40-46H2,1-5H3/p+1/b16-14-,17-15-,21-20-,24-23-,28-26-,29-27-,34-32-,39-36+/t47-,48-/m1/s1. The maximum absolute atomic E-state index is 12.7. The normalized spacial score (nSPS) is 14.9. The molecule has 0 radical (unpaired) electrons. The molecule has 0 heterocycles. The number of quaternary nitrogens is 1. The number of phosphoric ester groups is 1. The molecule has 0 fully saturated rings. The van der Waals surface area contributed by atoms with Gasteiger partial charge in [-0.25, -0.2) is 4.57 Å². The molecule has 1 unspecified atom stereocenters. The Balaban J connectivity index is 4.61. The highest BCUT2D eigenvalue weighted by Gasteiger charge is 2.27. The molecule has 0 aromatic carbocycles. The minimum absolute atomic E-state index is 0.0101. The zero-order chi connectivity index (χ0) is 45.1. The van der Waals surface area contributed by atoms with Crippen LogP contribution in [0.4, 0.5) is 0 Å². The number of likely N-dealkylation sites (N-methyl/N-ethyl adjacent to an activating group) is 1. The Kier molecular flexibility index (Phi) is 38.8. The third kappa shape index (κ3) is 44.7. The first-order chi connectivity index (χ1) is 29.4. The Morgan fingerprint density at radius 1 is 0.590 bits per heavy atom. The largest absolute Gasteiger partial charge is 0.472 e. The molecule has 0 aliphatic carbocycles. The quantitative estimate of drug-likeness (QED) is 0.0154. The van der Waals surface area contributed by atoms with E-state index in [2.05, 4.69) is 86.8 Å². The van der Waals surface area contributed by atoms with E-state index in [0.29, 0.717) is 30.3 Å². The van der Waals surface area contributed by atoms with Gasteiger partial charge in [-0.3, -0.25) is 18.6 Å². The first-order valence-electron chi connectivity index (χ1n) is 23.1. The number of aliphatic hydroxyl groups excluding tert-OH is 1. The Hall–Kier alpha value is -3.11. The lowest BCUT2D eigenvalue weighted by molar-refractivity contribution is -0.870. The fourth-order valence-corrected chi connectivity index (χ4v) is 6.25. The van der Waals surface area contributed by atoms with Crippen LogP contribution < -0.4 is 0 Å². The van der Waals surface area contributed by atoms with Gasteiger partial charge in [0.15, 0.2) is 6.10 Å². The molecular formula is C50H85NO9P+. The number of ether oxygens (including phenoxy) is 2. The van der Waals surface area contributed by atoms with E-state index in [0.717, 1.165) is 57.8 Å². The maximum atomic E-state index is 12.7. The first-order valence-corrected chi connectivity index (χ1v) is 24.6. The van der Waals surface area contributed by atoms with E-state index in [9.17, 15) is 24.2 Å². The molecule has 0 aliphatic rings. The van der Waals surface area contributed by atoms with E-state index >= 15 is 0 Å². The molecule has 0 aromatic heterocycles. The van der Waals surface area contributed by atoms with E-state index in [1.165, 1.54) is 44.9 Å². The summed E-state index contributed by atoms with van der Waals surface area (Å²) in [6, 6.07) is 0. The van der Waals surface area contributed by atoms with Crippen molar-refractivity contribution in [1.29, 1.82) is 0 Å². The number of hydrogen-bond donors (Lipinski definition) is 2. The number of carbonyl (C=O) groups is 2. The Labute approximate surface area is 371 Å². The summed E-state index contributed by atoms with van der Waals surface area (Å²) in [5, 5.41) is 10.3. The SMILES string of the molecule is CCCCC/C=C\C/C=C\C/C=C\C=C\[C@@H](O)CCCC(=O)OC[C@H](COP(=O)(O)OCC[N+](C)(C)C)OC(=O)CCCCC/C=C\C/C=C\C/C=C\C/C=C\CCCCC. The van der Waals surface area contributed by atoms with Gasteiger partial charge in [0.1, 0.15) is 19.8 Å². The summed E-state index contributed by atoms with van der Waals surface area (Å²) in [5.74, 6) is -1.05. The fraction of sp³-hybridized carbons (Fsp3) is 0.640. The molecule has 10 nitrogen and oxygen atoms in total. The molecule has 2 N–H and O–H groups in total. The van der Waals surface area contributed by atoms with Crippen LogP contribution in [0.1, 0.15) is 149 Å². The second-order valence-electron chi connectivity index (χ2n) is 16.3. The van der Waals surface area contributed by atoms with Crippen molar-refractivity contribution in [1.82, 2.24) is 0 Å². The second kappa shape index (κ2) is 40.9. The van der Waals surface area contributed by atoms with E-state index in [4.69, 9.17) is 18.5 Å². The number of allylic oxidation sites excluding steroid dienone is 15. The lowest BCUT2D eigenvalue weighted by Crippen LogP contribution is -2.37. The van der Waals surface area contributed by atoms with Gasteiger partial charge in [0.2, 0.25) is 0 Å². The zero-order valence-corrected chi connectivity index (χ0v) is 39.6. The molecule has 0 amide bonds. The van der Waals surface area contributed by atoms with Gasteiger partial charge in [0.05, 0.1) is 33.9 Å². The van der Waals surface area contributed by atoms with E-state index in [1.54, 1.807) is 12.2 Å². The molecule has 348 valence electrons. The van der Waals surface area contributed by atoms with Gasteiger partial charge >= 0.3 is 19.8 Å². The summed E-state index contributed by atoms with van der Waals surface area (Å²) >= 11 is 0. The Morgan fingerprint density at radius 3 is 1.61 bits per heavy atom. The van der Waals surface area contributed by atoms with E-state index in [1.807, 2.05) is 33.3 Å². The van der Waals surface area contributed by atoms with Crippen molar-refractivity contribution in [3.63, 3.8) is 0 Å². The molecule has 0 aromatic rings. The number of phosphoric acid groups is 1. The number of nitrogens with zero attached hydrogens (tertiary/aromatic N) is 1. The summed E-state index contributed by atoms with van der Waals surface area (Å²) in [6.07, 6.45) is 50.6. The van der Waals surface area contributed by atoms with Crippen LogP contribution in [-0.2, 0) is 32.7 Å². The predicted molar refractivity (Wildman–Crippen MR) is 253 cm³/mol. The third-order valence-corrected chi connectivity index (χ3v) is 10.2. The summed E-state index contributed by atoms with van der Waals surface area (Å²) < 4.78 is 34.1. The van der Waals surface area contributed by atoms with Crippen LogP contribution in [0.5, 0.6) is 0 Å². The van der Waals surface area contributed by atoms with Crippen LogP contribution in [0.25, 0.3) is 0 Å². The molecule has 0 bridgehead atoms. The van der Waals surface area contributed by atoms with Crippen LogP contribution in [0.15, 0.2) is 97.2 Å². The van der Waals surface area contributed by atoms with Crippen molar-refractivity contribution in [2.75, 3.05) is 47.5 Å². The summed E-state index contributed by atoms with van der Waals surface area (Å²) in [6.45, 7) is 4.08. The smallest absolute Gasteiger partial charge is 0.462 e. The lowest BCUT2D eigenvalue weighted by Gasteiger charge is -2.24. The van der Waals surface area contributed by atoms with Crippen LogP contribution >= 0.6 is 7.82 Å². The monoisotopic (exact) mass is 875 g/mol. The molecule has 3 atom stereocenters. The highest BCUT2D eigenvalue weighted by atomic mass is 31.2. The van der Waals surface area contributed by atoms with Crippen molar-refractivity contribution in [2.45, 2.75) is 161 Å². The van der Waals surface area contributed by atoms with Crippen LogP contribution in [0.3, 0.4) is 0 Å². The number of esters is 2. The van der Waals surface area contributed by atoms with E-state index in [-0.39, 0.29) is 26.1 Å². The average Bonchev–Trinajstić information content (AvgIpc) is 3.21. The van der Waals surface area contributed by atoms with Crippen LogP contribution in [-0.4, -0.2) is 86.1 Å². The Morgan fingerprint density at radius 2 is 1.08 bits per heavy atom. The van der Waals surface area contributed by atoms with E-state index < -0.39 is 38.6 Å². The van der Waals surface area contributed by atoms with Gasteiger partial charge in [-0.05, 0) is 89.9 Å². The number of carbonyl (C=O) groups excluding carboxylic acids is 2. The Bertz CT molecular complexity index is 1370. The fourth-order valence-electron chi connectivity index (χ4n) is 5.51. The second-order valence-corrected chi connectivity index (χ2v) is 17.7. The van der Waals surface area contributed by atoms with Gasteiger partial charge in [-0.1, -0.05) is 143 Å². The van der Waals surface area contributed by atoms with Gasteiger partial charge in [-0.15, -0.1) is 0 Å². The molecule has 0 saturated heterocycles. The van der Waals surface area contributed by atoms with Gasteiger partial charge in [0, 0.05) is 12.8 Å². The molecule has 0 saturated carbocycles. The number of unbranched alkanes of at least 4 members (excludes halogenated alkanes) is 9.